The number of hydrogen-bond donors (Lipinski definition) is 2. The first-order valence-corrected chi connectivity index (χ1v) is 8.88. The Balaban J connectivity index is 1.76. The Morgan fingerprint density at radius 2 is 1.77 bits per heavy atom. The zero-order valence-corrected chi connectivity index (χ0v) is 15.4. The molecule has 1 heterocycles. The van der Waals surface area contributed by atoms with Crippen molar-refractivity contribution in [3.05, 3.63) is 65.9 Å². The van der Waals surface area contributed by atoms with Crippen LogP contribution in [0.2, 0.25) is 0 Å². The topological polar surface area (TPSA) is 59.1 Å². The second-order valence-electron chi connectivity index (χ2n) is 5.94. The molecule has 1 aromatic heterocycles. The molecule has 2 aromatic carbocycles. The van der Waals surface area contributed by atoms with Crippen LogP contribution in [0.3, 0.4) is 0 Å². The smallest absolute Gasteiger partial charge is 0.229 e. The number of hydrogen-bond acceptors (Lipinski definition) is 5. The third-order valence-electron chi connectivity index (χ3n) is 4.07. The van der Waals surface area contributed by atoms with Gasteiger partial charge in [-0.3, -0.25) is 0 Å². The van der Waals surface area contributed by atoms with Crippen LogP contribution in [-0.2, 0) is 6.42 Å². The van der Waals surface area contributed by atoms with Crippen molar-refractivity contribution in [2.24, 2.45) is 0 Å². The van der Waals surface area contributed by atoms with Gasteiger partial charge >= 0.3 is 0 Å². The molecule has 0 saturated heterocycles. The molecule has 26 heavy (non-hydrogen) atoms. The average molecular weight is 348 g/mol. The summed E-state index contributed by atoms with van der Waals surface area (Å²) in [6.45, 7) is 6.87. The summed E-state index contributed by atoms with van der Waals surface area (Å²) in [7, 11) is 0. The first-order chi connectivity index (χ1) is 12.7. The van der Waals surface area contributed by atoms with E-state index in [0.717, 1.165) is 29.4 Å². The van der Waals surface area contributed by atoms with Gasteiger partial charge in [0.25, 0.3) is 0 Å². The van der Waals surface area contributed by atoms with Crippen LogP contribution < -0.4 is 15.4 Å². The summed E-state index contributed by atoms with van der Waals surface area (Å²) < 4.78 is 5.46. The Hall–Kier alpha value is -3.08. The van der Waals surface area contributed by atoms with Gasteiger partial charge in [0.05, 0.1) is 6.61 Å². The molecule has 0 radical (unpaired) electrons. The number of benzene rings is 2. The molecule has 0 bridgehead atoms. The number of aryl methyl sites for hydroxylation is 2. The maximum absolute atomic E-state index is 5.46. The van der Waals surface area contributed by atoms with Crippen molar-refractivity contribution in [3.8, 4) is 5.75 Å². The van der Waals surface area contributed by atoms with Crippen LogP contribution >= 0.6 is 0 Å². The van der Waals surface area contributed by atoms with E-state index in [1.807, 2.05) is 37.3 Å². The molecule has 0 fully saturated rings. The van der Waals surface area contributed by atoms with E-state index in [1.54, 1.807) is 6.20 Å². The van der Waals surface area contributed by atoms with E-state index in [2.05, 4.69) is 52.6 Å². The Morgan fingerprint density at radius 1 is 0.962 bits per heavy atom. The van der Waals surface area contributed by atoms with Gasteiger partial charge in [-0.15, -0.1) is 0 Å². The third kappa shape index (κ3) is 4.30. The van der Waals surface area contributed by atoms with Crippen molar-refractivity contribution in [2.75, 3.05) is 17.2 Å². The van der Waals surface area contributed by atoms with E-state index in [1.165, 1.54) is 11.1 Å². The van der Waals surface area contributed by atoms with E-state index in [4.69, 9.17) is 4.74 Å². The molecule has 5 heteroatoms. The van der Waals surface area contributed by atoms with Crippen molar-refractivity contribution >= 4 is 23.1 Å². The summed E-state index contributed by atoms with van der Waals surface area (Å²) in [5.74, 6) is 2.16. The lowest BCUT2D eigenvalue weighted by atomic mass is 10.1. The summed E-state index contributed by atoms with van der Waals surface area (Å²) in [4.78, 5) is 8.88. The molecule has 0 aliphatic carbocycles. The van der Waals surface area contributed by atoms with Crippen LogP contribution in [0, 0.1) is 6.92 Å². The monoisotopic (exact) mass is 348 g/mol. The molecule has 0 unspecified atom stereocenters. The van der Waals surface area contributed by atoms with Crippen LogP contribution in [0.15, 0.2) is 54.7 Å². The molecular formula is C21H24N4O. The quantitative estimate of drug-likeness (QED) is 0.612. The van der Waals surface area contributed by atoms with Gasteiger partial charge in [-0.2, -0.15) is 4.98 Å². The van der Waals surface area contributed by atoms with Crippen molar-refractivity contribution in [2.45, 2.75) is 27.2 Å². The van der Waals surface area contributed by atoms with E-state index < -0.39 is 0 Å². The number of rotatable bonds is 7. The summed E-state index contributed by atoms with van der Waals surface area (Å²) in [6.07, 6.45) is 2.71. The number of nitrogens with one attached hydrogen (secondary N) is 2. The number of nitrogens with zero attached hydrogens (tertiary/aromatic N) is 2. The van der Waals surface area contributed by atoms with Gasteiger partial charge < -0.3 is 15.4 Å². The molecule has 0 saturated carbocycles. The van der Waals surface area contributed by atoms with Crippen LogP contribution in [0.4, 0.5) is 23.1 Å². The second-order valence-corrected chi connectivity index (χ2v) is 5.94. The summed E-state index contributed by atoms with van der Waals surface area (Å²) in [5, 5.41) is 6.66. The maximum Gasteiger partial charge on any atom is 0.229 e. The Morgan fingerprint density at radius 3 is 2.50 bits per heavy atom. The molecule has 3 aromatic rings. The van der Waals surface area contributed by atoms with Gasteiger partial charge in [0.15, 0.2) is 0 Å². The Labute approximate surface area is 154 Å². The van der Waals surface area contributed by atoms with Gasteiger partial charge in [-0.25, -0.2) is 4.98 Å². The van der Waals surface area contributed by atoms with Crippen molar-refractivity contribution in [1.29, 1.82) is 0 Å². The molecule has 5 nitrogen and oxygen atoms in total. The standard InChI is InChI=1S/C21H24N4O/c1-4-16-8-6-7-15(3)20(16)24-19-13-14-22-21(25-19)23-17-9-11-18(12-10-17)26-5-2/h6-14H,4-5H2,1-3H3,(H2,22,23,24,25). The lowest BCUT2D eigenvalue weighted by Gasteiger charge is -2.14. The Kier molecular flexibility index (Phi) is 5.69. The lowest BCUT2D eigenvalue weighted by molar-refractivity contribution is 0.340. The fraction of sp³-hybridized carbons (Fsp3) is 0.238. The summed E-state index contributed by atoms with van der Waals surface area (Å²) >= 11 is 0. The van der Waals surface area contributed by atoms with E-state index in [9.17, 15) is 0 Å². The predicted molar refractivity (Wildman–Crippen MR) is 107 cm³/mol. The average Bonchev–Trinajstić information content (AvgIpc) is 2.65. The van der Waals surface area contributed by atoms with Gasteiger partial charge in [0.1, 0.15) is 11.6 Å². The van der Waals surface area contributed by atoms with E-state index >= 15 is 0 Å². The van der Waals surface area contributed by atoms with Gasteiger partial charge in [0, 0.05) is 17.6 Å². The van der Waals surface area contributed by atoms with Gasteiger partial charge in [-0.05, 0) is 61.7 Å². The van der Waals surface area contributed by atoms with Crippen LogP contribution in [0.25, 0.3) is 0 Å². The highest BCUT2D eigenvalue weighted by Gasteiger charge is 2.06. The Bertz CT molecular complexity index is 862. The second kappa shape index (κ2) is 8.34. The van der Waals surface area contributed by atoms with Crippen molar-refractivity contribution in [3.63, 3.8) is 0 Å². The van der Waals surface area contributed by atoms with Crippen LogP contribution in [-0.4, -0.2) is 16.6 Å². The van der Waals surface area contributed by atoms with Crippen LogP contribution in [0.1, 0.15) is 25.0 Å². The normalized spacial score (nSPS) is 10.4. The number of ether oxygens (including phenoxy) is 1. The highest BCUT2D eigenvalue weighted by Crippen LogP contribution is 2.25. The number of anilines is 4. The van der Waals surface area contributed by atoms with Crippen LogP contribution in [0.5, 0.6) is 5.75 Å². The first-order valence-electron chi connectivity index (χ1n) is 8.88. The highest BCUT2D eigenvalue weighted by molar-refractivity contribution is 5.65. The molecule has 0 atom stereocenters. The fourth-order valence-electron chi connectivity index (χ4n) is 2.75. The predicted octanol–water partition coefficient (Wildman–Crippen LogP) is 5.23. The van der Waals surface area contributed by atoms with E-state index in [-0.39, 0.29) is 0 Å². The summed E-state index contributed by atoms with van der Waals surface area (Å²) in [5.41, 5.74) is 4.49. The minimum atomic E-state index is 0.547. The lowest BCUT2D eigenvalue weighted by Crippen LogP contribution is -2.03. The molecule has 0 aliphatic rings. The maximum atomic E-state index is 5.46. The SMILES string of the molecule is CCOc1ccc(Nc2nccc(Nc3c(C)cccc3CC)n2)cc1. The molecular weight excluding hydrogens is 324 g/mol. The van der Waals surface area contributed by atoms with Gasteiger partial charge in [0.2, 0.25) is 5.95 Å². The third-order valence-corrected chi connectivity index (χ3v) is 4.07. The minimum Gasteiger partial charge on any atom is -0.494 e. The number of para-hydroxylation sites is 1. The van der Waals surface area contributed by atoms with Crippen molar-refractivity contribution < 1.29 is 4.74 Å². The molecule has 2 N–H and O–H groups in total. The minimum absolute atomic E-state index is 0.547. The molecule has 0 spiro atoms. The first kappa shape index (κ1) is 17.7. The summed E-state index contributed by atoms with van der Waals surface area (Å²) in [6, 6.07) is 15.9. The molecule has 3 rings (SSSR count). The van der Waals surface area contributed by atoms with Crippen molar-refractivity contribution in [1.82, 2.24) is 9.97 Å². The molecule has 0 aliphatic heterocycles. The zero-order valence-electron chi connectivity index (χ0n) is 15.4. The largest absolute Gasteiger partial charge is 0.494 e. The molecule has 0 amide bonds. The van der Waals surface area contributed by atoms with Gasteiger partial charge in [-0.1, -0.05) is 25.1 Å². The zero-order chi connectivity index (χ0) is 18.4. The number of aromatic nitrogens is 2. The highest BCUT2D eigenvalue weighted by atomic mass is 16.5. The van der Waals surface area contributed by atoms with E-state index in [0.29, 0.717) is 12.6 Å². The fourth-order valence-corrected chi connectivity index (χ4v) is 2.75. The molecule has 134 valence electrons.